The number of rotatable bonds is 6. The molecule has 0 saturated carbocycles. The van der Waals surface area contributed by atoms with Gasteiger partial charge in [-0.1, -0.05) is 35.5 Å². The number of carbonyl (C=O) groups is 2. The molecule has 2 amide bonds. The van der Waals surface area contributed by atoms with Crippen LogP contribution in [-0.4, -0.2) is 28.0 Å². The van der Waals surface area contributed by atoms with Crippen molar-refractivity contribution >= 4 is 35.1 Å². The molecule has 0 saturated heterocycles. The minimum atomic E-state index is -0.398. The molecule has 1 aliphatic rings. The van der Waals surface area contributed by atoms with Crippen LogP contribution in [0.25, 0.3) is 11.1 Å². The van der Waals surface area contributed by atoms with Gasteiger partial charge >= 0.3 is 0 Å². The Morgan fingerprint density at radius 1 is 1.10 bits per heavy atom. The van der Waals surface area contributed by atoms with Gasteiger partial charge in [-0.05, 0) is 54.7 Å². The van der Waals surface area contributed by atoms with Crippen molar-refractivity contribution in [2.24, 2.45) is 0 Å². The van der Waals surface area contributed by atoms with E-state index in [1.807, 2.05) is 24.3 Å². The summed E-state index contributed by atoms with van der Waals surface area (Å²) in [5, 5.41) is 8.95. The molecule has 1 aliphatic carbocycles. The van der Waals surface area contributed by atoms with Gasteiger partial charge in [0.1, 0.15) is 5.76 Å². The minimum Gasteiger partial charge on any atom is -0.360 e. The zero-order valence-electron chi connectivity index (χ0n) is 16.2. The molecule has 6 nitrogen and oxygen atoms in total. The van der Waals surface area contributed by atoms with Gasteiger partial charge < -0.3 is 15.2 Å². The second-order valence-corrected chi connectivity index (χ2v) is 8.35. The number of amides is 2. The Bertz CT molecular complexity index is 1080. The molecule has 2 aromatic carbocycles. The molecule has 1 heterocycles. The highest BCUT2D eigenvalue weighted by molar-refractivity contribution is 8.01. The van der Waals surface area contributed by atoms with Crippen molar-refractivity contribution in [3.05, 3.63) is 65.4 Å². The molecule has 1 atom stereocenters. The summed E-state index contributed by atoms with van der Waals surface area (Å²) in [5.74, 6) is 0.822. The van der Waals surface area contributed by atoms with Crippen LogP contribution in [0.15, 0.2) is 53.1 Å². The fraction of sp³-hybridized carbons (Fsp3) is 0.227. The number of fused-ring (bicyclic) bond motifs is 3. The van der Waals surface area contributed by atoms with Crippen LogP contribution in [0.3, 0.4) is 0 Å². The maximum Gasteiger partial charge on any atom is 0.238 e. The molecule has 0 unspecified atom stereocenters. The third-order valence-corrected chi connectivity index (χ3v) is 5.94. The highest BCUT2D eigenvalue weighted by atomic mass is 32.2. The number of hydrogen-bond acceptors (Lipinski definition) is 5. The van der Waals surface area contributed by atoms with Crippen molar-refractivity contribution in [1.29, 1.82) is 0 Å². The zero-order valence-corrected chi connectivity index (χ0v) is 17.0. The Hall–Kier alpha value is -3.06. The third kappa shape index (κ3) is 4.35. The van der Waals surface area contributed by atoms with Crippen molar-refractivity contribution in [3.8, 4) is 11.1 Å². The van der Waals surface area contributed by atoms with Gasteiger partial charge in [-0.3, -0.25) is 9.59 Å². The largest absolute Gasteiger partial charge is 0.360 e. The van der Waals surface area contributed by atoms with Gasteiger partial charge in [-0.2, -0.15) is 0 Å². The molecule has 0 radical (unpaired) electrons. The van der Waals surface area contributed by atoms with E-state index in [0.717, 1.165) is 12.1 Å². The lowest BCUT2D eigenvalue weighted by molar-refractivity contribution is -0.115. The summed E-state index contributed by atoms with van der Waals surface area (Å²) in [6, 6.07) is 16.0. The summed E-state index contributed by atoms with van der Waals surface area (Å²) in [6.45, 7) is 3.51. The van der Waals surface area contributed by atoms with Crippen LogP contribution in [0.5, 0.6) is 0 Å². The summed E-state index contributed by atoms with van der Waals surface area (Å²) in [5.41, 5.74) is 5.74. The predicted molar refractivity (Wildman–Crippen MR) is 115 cm³/mol. The maximum absolute atomic E-state index is 12.4. The Labute approximate surface area is 173 Å². The van der Waals surface area contributed by atoms with Crippen LogP contribution in [0, 0.1) is 6.92 Å². The minimum absolute atomic E-state index is 0.141. The Morgan fingerprint density at radius 3 is 2.69 bits per heavy atom. The Balaban J connectivity index is 1.32. The zero-order chi connectivity index (χ0) is 20.4. The van der Waals surface area contributed by atoms with E-state index >= 15 is 0 Å². The molecule has 0 fully saturated rings. The average molecular weight is 407 g/mol. The number of aryl methyl sites for hydroxylation is 1. The van der Waals surface area contributed by atoms with Crippen LogP contribution in [0.4, 0.5) is 11.5 Å². The lowest BCUT2D eigenvalue weighted by atomic mass is 10.1. The molecule has 4 rings (SSSR count). The van der Waals surface area contributed by atoms with E-state index in [1.54, 1.807) is 19.9 Å². The first-order chi connectivity index (χ1) is 14.0. The van der Waals surface area contributed by atoms with E-state index in [-0.39, 0.29) is 17.6 Å². The number of nitrogens with zero attached hydrogens (tertiary/aromatic N) is 1. The summed E-state index contributed by atoms with van der Waals surface area (Å²) in [6.07, 6.45) is 0.924. The van der Waals surface area contributed by atoms with Gasteiger partial charge in [0.2, 0.25) is 11.8 Å². The molecular weight excluding hydrogens is 386 g/mol. The van der Waals surface area contributed by atoms with Crippen LogP contribution >= 0.6 is 11.8 Å². The molecule has 3 aromatic rings. The number of benzene rings is 2. The number of aromatic nitrogens is 1. The van der Waals surface area contributed by atoms with Gasteiger partial charge in [0.25, 0.3) is 0 Å². The second kappa shape index (κ2) is 8.13. The summed E-state index contributed by atoms with van der Waals surface area (Å²) in [4.78, 5) is 24.5. The van der Waals surface area contributed by atoms with Gasteiger partial charge in [0.15, 0.2) is 5.82 Å². The Morgan fingerprint density at radius 2 is 1.90 bits per heavy atom. The van der Waals surface area contributed by atoms with Gasteiger partial charge in [0, 0.05) is 11.8 Å². The van der Waals surface area contributed by atoms with Crippen LogP contribution in [0.2, 0.25) is 0 Å². The summed E-state index contributed by atoms with van der Waals surface area (Å²) < 4.78 is 4.93. The fourth-order valence-corrected chi connectivity index (χ4v) is 4.01. The van der Waals surface area contributed by atoms with E-state index in [2.05, 4.69) is 34.0 Å². The van der Waals surface area contributed by atoms with Crippen LogP contribution in [0.1, 0.15) is 23.8 Å². The second-order valence-electron chi connectivity index (χ2n) is 7.02. The van der Waals surface area contributed by atoms with Crippen LogP contribution < -0.4 is 10.6 Å². The standard InChI is InChI=1S/C22H21N3O3S/c1-13-9-20(25-28-13)24-22(27)14(2)29-12-21(26)23-17-8-7-16-10-15-5-3-4-6-18(15)19(16)11-17/h3-9,11,14H,10,12H2,1-2H3,(H,23,26)(H,24,25,27)/t14-/m0/s1. The number of carbonyl (C=O) groups excluding carboxylic acids is 2. The monoisotopic (exact) mass is 407 g/mol. The number of thioether (sulfide) groups is 1. The first-order valence-corrected chi connectivity index (χ1v) is 10.4. The van der Waals surface area contributed by atoms with Crippen molar-refractivity contribution in [1.82, 2.24) is 5.16 Å². The van der Waals surface area contributed by atoms with Crippen molar-refractivity contribution in [3.63, 3.8) is 0 Å². The van der Waals surface area contributed by atoms with Crippen LogP contribution in [-0.2, 0) is 16.0 Å². The van der Waals surface area contributed by atoms with Crippen molar-refractivity contribution in [2.75, 3.05) is 16.4 Å². The van der Waals surface area contributed by atoms with E-state index in [9.17, 15) is 9.59 Å². The summed E-state index contributed by atoms with van der Waals surface area (Å²) in [7, 11) is 0. The highest BCUT2D eigenvalue weighted by Gasteiger charge is 2.19. The van der Waals surface area contributed by atoms with Crippen molar-refractivity contribution in [2.45, 2.75) is 25.5 Å². The lowest BCUT2D eigenvalue weighted by Crippen LogP contribution is -2.25. The molecule has 7 heteroatoms. The molecule has 0 aliphatic heterocycles. The molecule has 0 spiro atoms. The topological polar surface area (TPSA) is 84.2 Å². The van der Waals surface area contributed by atoms with E-state index in [4.69, 9.17) is 4.52 Å². The quantitative estimate of drug-likeness (QED) is 0.499. The molecule has 148 valence electrons. The van der Waals surface area contributed by atoms with E-state index in [1.165, 1.54) is 34.0 Å². The van der Waals surface area contributed by atoms with Gasteiger partial charge in [-0.25, -0.2) is 0 Å². The first-order valence-electron chi connectivity index (χ1n) is 9.36. The van der Waals surface area contributed by atoms with Crippen molar-refractivity contribution < 1.29 is 14.1 Å². The van der Waals surface area contributed by atoms with Gasteiger partial charge in [0.05, 0.1) is 11.0 Å². The van der Waals surface area contributed by atoms with E-state index < -0.39 is 5.25 Å². The smallest absolute Gasteiger partial charge is 0.238 e. The normalized spacial score (nSPS) is 12.8. The first kappa shape index (κ1) is 19.3. The average Bonchev–Trinajstić information content (AvgIpc) is 3.28. The highest BCUT2D eigenvalue weighted by Crippen LogP contribution is 2.37. The molecule has 1 aromatic heterocycles. The predicted octanol–water partition coefficient (Wildman–Crippen LogP) is 4.25. The SMILES string of the molecule is Cc1cc(NC(=O)[C@H](C)SCC(=O)Nc2ccc3c(c2)-c2ccccc2C3)no1. The lowest BCUT2D eigenvalue weighted by Gasteiger charge is -2.11. The molecule has 0 bridgehead atoms. The number of anilines is 2. The maximum atomic E-state index is 12.4. The summed E-state index contributed by atoms with van der Waals surface area (Å²) >= 11 is 1.27. The third-order valence-electron chi connectivity index (χ3n) is 4.79. The molecular formula is C22H21N3O3S. The number of hydrogen-bond donors (Lipinski definition) is 2. The molecule has 29 heavy (non-hydrogen) atoms. The van der Waals surface area contributed by atoms with E-state index in [0.29, 0.717) is 11.6 Å². The number of nitrogens with one attached hydrogen (secondary N) is 2. The van der Waals surface area contributed by atoms with Gasteiger partial charge in [-0.15, -0.1) is 11.8 Å². The molecule has 2 N–H and O–H groups in total. The Kier molecular flexibility index (Phi) is 5.40. The fourth-order valence-electron chi connectivity index (χ4n) is 3.33.